The minimum atomic E-state index is -0.264. The zero-order chi connectivity index (χ0) is 18.2. The molecule has 1 fully saturated rings. The van der Waals surface area contributed by atoms with Crippen molar-refractivity contribution in [3.8, 4) is 0 Å². The summed E-state index contributed by atoms with van der Waals surface area (Å²) in [6.07, 6.45) is 3.57. The van der Waals surface area contributed by atoms with Crippen LogP contribution in [0.3, 0.4) is 0 Å². The summed E-state index contributed by atoms with van der Waals surface area (Å²) in [5, 5.41) is 2.98. The van der Waals surface area contributed by atoms with Crippen LogP contribution < -0.4 is 5.32 Å². The smallest absolute Gasteiger partial charge is 0.229 e. The van der Waals surface area contributed by atoms with Crippen molar-refractivity contribution < 1.29 is 9.53 Å². The average Bonchev–Trinajstić information content (AvgIpc) is 2.72. The third kappa shape index (κ3) is 4.61. The molecule has 2 aromatic rings. The molecule has 144 valence electrons. The van der Waals surface area contributed by atoms with Gasteiger partial charge in [-0.25, -0.2) is 9.97 Å². The Balaban J connectivity index is 0.00000243. The van der Waals surface area contributed by atoms with Gasteiger partial charge in [-0.2, -0.15) is 0 Å². The summed E-state index contributed by atoms with van der Waals surface area (Å²) in [6.45, 7) is 9.87. The first-order valence-electron chi connectivity index (χ1n) is 9.06. The number of rotatable bonds is 5. The summed E-state index contributed by atoms with van der Waals surface area (Å²) in [4.78, 5) is 21.7. The number of fused-ring (bicyclic) bond motifs is 1. The van der Waals surface area contributed by atoms with Gasteiger partial charge in [0.15, 0.2) is 5.65 Å². The van der Waals surface area contributed by atoms with Gasteiger partial charge in [-0.05, 0) is 66.0 Å². The van der Waals surface area contributed by atoms with Gasteiger partial charge in [-0.1, -0.05) is 7.43 Å². The molecule has 1 aliphatic carbocycles. The lowest BCUT2D eigenvalue weighted by Crippen LogP contribution is -2.29. The zero-order valence-corrected chi connectivity index (χ0v) is 15.8. The van der Waals surface area contributed by atoms with E-state index < -0.39 is 0 Å². The van der Waals surface area contributed by atoms with Crippen molar-refractivity contribution in [2.75, 3.05) is 5.32 Å². The molecule has 1 amide bonds. The van der Waals surface area contributed by atoms with E-state index in [2.05, 4.69) is 19.9 Å². The molecule has 6 heteroatoms. The highest BCUT2D eigenvalue weighted by molar-refractivity contribution is 5.91. The standard InChI is InChI=1S/C19H28N4O2.CH4/c1-12-9-10-15-17(20-12)23(14-7-6-8-14)18(21-15)22-16(24)11-13(2)25-19(3,4)5;/h9-10,13-14H,6-8,11H2,1-5H3,(H,21,22,24);1H4/t13-;/m0./s1. The fourth-order valence-electron chi connectivity index (χ4n) is 3.23. The number of hydrogen-bond acceptors (Lipinski definition) is 4. The SMILES string of the molecule is C.Cc1ccc2nc(NC(=O)C[C@H](C)OC(C)(C)C)n(C3CCC3)c2n1. The van der Waals surface area contributed by atoms with Gasteiger partial charge in [0.05, 0.1) is 18.1 Å². The number of carbonyl (C=O) groups is 1. The Kier molecular flexibility index (Phi) is 6.06. The van der Waals surface area contributed by atoms with E-state index in [0.29, 0.717) is 18.4 Å². The second-order valence-corrected chi connectivity index (χ2v) is 7.98. The molecular weight excluding hydrogens is 328 g/mol. The van der Waals surface area contributed by atoms with Gasteiger partial charge in [0.2, 0.25) is 11.9 Å². The number of pyridine rings is 1. The van der Waals surface area contributed by atoms with Crippen LogP contribution in [-0.4, -0.2) is 32.1 Å². The van der Waals surface area contributed by atoms with Gasteiger partial charge in [-0.3, -0.25) is 14.7 Å². The number of imidazole rings is 1. The molecule has 0 bridgehead atoms. The maximum atomic E-state index is 12.5. The maximum absolute atomic E-state index is 12.5. The lowest BCUT2D eigenvalue weighted by Gasteiger charge is -2.28. The van der Waals surface area contributed by atoms with Gasteiger partial charge in [0.1, 0.15) is 5.52 Å². The van der Waals surface area contributed by atoms with Crippen molar-refractivity contribution >= 4 is 23.0 Å². The largest absolute Gasteiger partial charge is 0.372 e. The van der Waals surface area contributed by atoms with Crippen LogP contribution in [0.4, 0.5) is 5.95 Å². The van der Waals surface area contributed by atoms with E-state index in [4.69, 9.17) is 4.74 Å². The minimum absolute atomic E-state index is 0. The first-order valence-corrected chi connectivity index (χ1v) is 9.06. The fraction of sp³-hybridized carbons (Fsp3) is 0.650. The molecule has 6 nitrogen and oxygen atoms in total. The molecule has 0 unspecified atom stereocenters. The van der Waals surface area contributed by atoms with Crippen LogP contribution in [0.2, 0.25) is 0 Å². The van der Waals surface area contributed by atoms with Gasteiger partial charge in [0.25, 0.3) is 0 Å². The molecule has 1 N–H and O–H groups in total. The summed E-state index contributed by atoms with van der Waals surface area (Å²) in [6, 6.07) is 4.29. The number of hydrogen-bond donors (Lipinski definition) is 1. The van der Waals surface area contributed by atoms with Crippen molar-refractivity contribution in [2.45, 2.75) is 85.5 Å². The summed E-state index contributed by atoms with van der Waals surface area (Å²) < 4.78 is 7.93. The molecule has 0 radical (unpaired) electrons. The normalized spacial score (nSPS) is 16.0. The van der Waals surface area contributed by atoms with Gasteiger partial charge in [0, 0.05) is 11.7 Å². The Morgan fingerprint density at radius 2 is 2.04 bits per heavy atom. The van der Waals surface area contributed by atoms with Gasteiger partial charge < -0.3 is 4.74 Å². The monoisotopic (exact) mass is 360 g/mol. The van der Waals surface area contributed by atoms with E-state index in [1.807, 2.05) is 46.8 Å². The van der Waals surface area contributed by atoms with Gasteiger partial charge in [-0.15, -0.1) is 0 Å². The maximum Gasteiger partial charge on any atom is 0.229 e. The number of aryl methyl sites for hydroxylation is 1. The number of anilines is 1. The van der Waals surface area contributed by atoms with Crippen molar-refractivity contribution in [2.24, 2.45) is 0 Å². The lowest BCUT2D eigenvalue weighted by atomic mass is 9.93. The third-order valence-corrected chi connectivity index (χ3v) is 4.40. The Hall–Kier alpha value is -1.95. The molecule has 1 saturated carbocycles. The summed E-state index contributed by atoms with van der Waals surface area (Å²) in [5.41, 5.74) is 2.38. The Morgan fingerprint density at radius 1 is 1.35 bits per heavy atom. The molecule has 1 aliphatic rings. The van der Waals surface area contributed by atoms with Crippen LogP contribution in [0.15, 0.2) is 12.1 Å². The van der Waals surface area contributed by atoms with E-state index in [0.717, 1.165) is 29.7 Å². The number of nitrogens with zero attached hydrogens (tertiary/aromatic N) is 3. The van der Waals surface area contributed by atoms with E-state index in [9.17, 15) is 4.79 Å². The van der Waals surface area contributed by atoms with Crippen LogP contribution in [0.25, 0.3) is 11.2 Å². The van der Waals surface area contributed by atoms with E-state index in [-0.39, 0.29) is 25.0 Å². The summed E-state index contributed by atoms with van der Waals surface area (Å²) in [5.74, 6) is 0.523. The van der Waals surface area contributed by atoms with E-state index in [1.54, 1.807) is 0 Å². The molecule has 0 spiro atoms. The first kappa shape index (κ1) is 20.4. The number of aromatic nitrogens is 3. The van der Waals surface area contributed by atoms with E-state index >= 15 is 0 Å². The average molecular weight is 361 g/mol. The van der Waals surface area contributed by atoms with Crippen molar-refractivity contribution in [3.05, 3.63) is 17.8 Å². The number of carbonyl (C=O) groups excluding carboxylic acids is 1. The van der Waals surface area contributed by atoms with Crippen molar-refractivity contribution in [3.63, 3.8) is 0 Å². The number of nitrogens with one attached hydrogen (secondary N) is 1. The topological polar surface area (TPSA) is 69.0 Å². The summed E-state index contributed by atoms with van der Waals surface area (Å²) in [7, 11) is 0. The van der Waals surface area contributed by atoms with E-state index in [1.165, 1.54) is 6.42 Å². The van der Waals surface area contributed by atoms with Crippen molar-refractivity contribution in [1.29, 1.82) is 0 Å². The lowest BCUT2D eigenvalue weighted by molar-refractivity contribution is -0.121. The molecule has 0 aliphatic heterocycles. The number of amides is 1. The predicted octanol–water partition coefficient (Wildman–Crippen LogP) is 4.63. The van der Waals surface area contributed by atoms with Gasteiger partial charge >= 0.3 is 0 Å². The second kappa shape index (κ2) is 7.74. The molecule has 26 heavy (non-hydrogen) atoms. The van der Waals surface area contributed by atoms with Crippen molar-refractivity contribution in [1.82, 2.24) is 14.5 Å². The Morgan fingerprint density at radius 3 is 2.62 bits per heavy atom. The zero-order valence-electron chi connectivity index (χ0n) is 15.8. The van der Waals surface area contributed by atoms with Crippen LogP contribution in [0.1, 0.15) is 72.5 Å². The molecule has 1 atom stereocenters. The molecule has 2 aromatic heterocycles. The quantitative estimate of drug-likeness (QED) is 0.844. The van der Waals surface area contributed by atoms with Crippen LogP contribution in [-0.2, 0) is 9.53 Å². The Labute approximate surface area is 156 Å². The minimum Gasteiger partial charge on any atom is -0.372 e. The molecule has 0 saturated heterocycles. The second-order valence-electron chi connectivity index (χ2n) is 7.98. The fourth-order valence-corrected chi connectivity index (χ4v) is 3.23. The highest BCUT2D eigenvalue weighted by Gasteiger charge is 2.27. The summed E-state index contributed by atoms with van der Waals surface area (Å²) >= 11 is 0. The molecule has 3 rings (SSSR count). The Bertz CT molecular complexity index is 772. The van der Waals surface area contributed by atoms with Crippen LogP contribution in [0.5, 0.6) is 0 Å². The molecular formula is C20H32N4O2. The number of ether oxygens (including phenoxy) is 1. The molecule has 0 aromatic carbocycles. The highest BCUT2D eigenvalue weighted by Crippen LogP contribution is 2.36. The van der Waals surface area contributed by atoms with Crippen LogP contribution in [0, 0.1) is 6.92 Å². The highest BCUT2D eigenvalue weighted by atomic mass is 16.5. The third-order valence-electron chi connectivity index (χ3n) is 4.40. The van der Waals surface area contributed by atoms with Crippen LogP contribution >= 0.6 is 0 Å². The first-order chi connectivity index (χ1) is 11.7. The predicted molar refractivity (Wildman–Crippen MR) is 105 cm³/mol. The molecule has 2 heterocycles.